The number of rotatable bonds is 5. The lowest BCUT2D eigenvalue weighted by Gasteiger charge is -2.34. The molecule has 6 heteroatoms. The number of carbonyl (C=O) groups excluding carboxylic acids is 3. The molecule has 1 spiro atoms. The van der Waals surface area contributed by atoms with E-state index in [0.717, 1.165) is 35.3 Å². The fourth-order valence-corrected chi connectivity index (χ4v) is 4.46. The first-order valence-corrected chi connectivity index (χ1v) is 10.6. The number of hydrogen-bond donors (Lipinski definition) is 2. The summed E-state index contributed by atoms with van der Waals surface area (Å²) in [6.45, 7) is 1.88. The zero-order valence-corrected chi connectivity index (χ0v) is 17.2. The molecule has 156 valence electrons. The van der Waals surface area contributed by atoms with Crippen molar-refractivity contribution >= 4 is 23.5 Å². The molecule has 1 aliphatic carbocycles. The molecule has 6 nitrogen and oxygen atoms in total. The fourth-order valence-electron chi connectivity index (χ4n) is 4.46. The zero-order valence-electron chi connectivity index (χ0n) is 17.2. The third kappa shape index (κ3) is 3.95. The Balaban J connectivity index is 1.37. The first-order valence-electron chi connectivity index (χ1n) is 10.6. The van der Waals surface area contributed by atoms with Crippen molar-refractivity contribution in [2.24, 2.45) is 5.92 Å². The number of nitrogens with zero attached hydrogens (tertiary/aromatic N) is 1. The normalized spacial score (nSPS) is 23.5. The Labute approximate surface area is 176 Å². The molecule has 2 aliphatic rings. The van der Waals surface area contributed by atoms with Crippen LogP contribution in [0.15, 0.2) is 54.6 Å². The van der Waals surface area contributed by atoms with Crippen molar-refractivity contribution in [3.8, 4) is 11.1 Å². The number of imide groups is 1. The fraction of sp³-hybridized carbons (Fsp3) is 0.375. The quantitative estimate of drug-likeness (QED) is 0.733. The first-order chi connectivity index (χ1) is 14.5. The minimum absolute atomic E-state index is 0.267. The Bertz CT molecular complexity index is 932. The molecule has 30 heavy (non-hydrogen) atoms. The van der Waals surface area contributed by atoms with Gasteiger partial charge in [-0.3, -0.25) is 14.5 Å². The molecule has 2 fully saturated rings. The van der Waals surface area contributed by atoms with Crippen LogP contribution >= 0.6 is 0 Å². The third-order valence-electron chi connectivity index (χ3n) is 6.36. The van der Waals surface area contributed by atoms with Gasteiger partial charge in [0, 0.05) is 5.69 Å². The summed E-state index contributed by atoms with van der Waals surface area (Å²) in [6.07, 6.45) is 4.24. The predicted octanol–water partition coefficient (Wildman–Crippen LogP) is 4.18. The van der Waals surface area contributed by atoms with Crippen LogP contribution < -0.4 is 10.6 Å². The van der Waals surface area contributed by atoms with Crippen LogP contribution in [-0.4, -0.2) is 34.8 Å². The molecule has 2 aromatic carbocycles. The van der Waals surface area contributed by atoms with Gasteiger partial charge in [-0.15, -0.1) is 0 Å². The summed E-state index contributed by atoms with van der Waals surface area (Å²) in [5.74, 6) is -0.0431. The molecule has 0 radical (unpaired) electrons. The van der Waals surface area contributed by atoms with Gasteiger partial charge < -0.3 is 10.6 Å². The van der Waals surface area contributed by atoms with Gasteiger partial charge in [0.05, 0.1) is 0 Å². The van der Waals surface area contributed by atoms with E-state index in [2.05, 4.69) is 17.6 Å². The van der Waals surface area contributed by atoms with Crippen LogP contribution in [0.25, 0.3) is 11.1 Å². The van der Waals surface area contributed by atoms with Gasteiger partial charge in [-0.05, 0) is 54.9 Å². The first kappa shape index (κ1) is 20.1. The van der Waals surface area contributed by atoms with E-state index in [1.165, 1.54) is 0 Å². The molecule has 0 atom stereocenters. The topological polar surface area (TPSA) is 78.5 Å². The van der Waals surface area contributed by atoms with Gasteiger partial charge in [0.15, 0.2) is 0 Å². The Morgan fingerprint density at radius 3 is 2.30 bits per heavy atom. The van der Waals surface area contributed by atoms with Crippen LogP contribution in [0.3, 0.4) is 0 Å². The largest absolute Gasteiger partial charge is 0.325 e. The molecular weight excluding hydrogens is 378 g/mol. The third-order valence-corrected chi connectivity index (χ3v) is 6.36. The van der Waals surface area contributed by atoms with E-state index in [4.69, 9.17) is 0 Å². The molecule has 1 saturated heterocycles. The number of carbonyl (C=O) groups is 3. The lowest BCUT2D eigenvalue weighted by Crippen LogP contribution is -2.49. The van der Waals surface area contributed by atoms with E-state index in [1.54, 1.807) is 0 Å². The summed E-state index contributed by atoms with van der Waals surface area (Å²) in [5, 5.41) is 5.65. The summed E-state index contributed by atoms with van der Waals surface area (Å²) in [7, 11) is 0. The van der Waals surface area contributed by atoms with Crippen LogP contribution in [0.5, 0.6) is 0 Å². The van der Waals surface area contributed by atoms with Crippen LogP contribution in [0, 0.1) is 5.92 Å². The van der Waals surface area contributed by atoms with Crippen LogP contribution in [0.2, 0.25) is 0 Å². The Kier molecular flexibility index (Phi) is 5.57. The molecule has 4 amide bonds. The Morgan fingerprint density at radius 1 is 1.03 bits per heavy atom. The second-order valence-corrected chi connectivity index (χ2v) is 8.25. The van der Waals surface area contributed by atoms with E-state index in [-0.39, 0.29) is 18.4 Å². The molecule has 2 aromatic rings. The van der Waals surface area contributed by atoms with E-state index >= 15 is 0 Å². The number of anilines is 1. The summed E-state index contributed by atoms with van der Waals surface area (Å²) < 4.78 is 0. The Hall–Kier alpha value is -3.15. The van der Waals surface area contributed by atoms with Gasteiger partial charge in [-0.1, -0.05) is 55.8 Å². The molecule has 4 rings (SSSR count). The molecule has 1 aliphatic heterocycles. The SMILES string of the molecule is CCC1CCC2(CC1)NC(=O)N(CC(=O)Nc1ccc(-c3ccccc3)cc1)C2=O. The van der Waals surface area contributed by atoms with Crippen molar-refractivity contribution in [1.82, 2.24) is 10.2 Å². The highest BCUT2D eigenvalue weighted by Crippen LogP contribution is 2.37. The second-order valence-electron chi connectivity index (χ2n) is 8.25. The van der Waals surface area contributed by atoms with Crippen molar-refractivity contribution in [3.05, 3.63) is 54.6 Å². The molecule has 0 bridgehead atoms. The smallest absolute Gasteiger partial charge is 0.325 e. The van der Waals surface area contributed by atoms with Crippen molar-refractivity contribution in [3.63, 3.8) is 0 Å². The summed E-state index contributed by atoms with van der Waals surface area (Å²) >= 11 is 0. The minimum atomic E-state index is -0.819. The standard InChI is InChI=1S/C24H27N3O3/c1-2-17-12-14-24(15-13-17)22(29)27(23(30)26-24)16-21(28)25-20-10-8-19(9-11-20)18-6-4-3-5-7-18/h3-11,17H,2,12-16H2,1H3,(H,25,28)(H,26,30). The molecule has 0 unspecified atom stereocenters. The van der Waals surface area contributed by atoms with Gasteiger partial charge in [0.25, 0.3) is 5.91 Å². The molecule has 1 heterocycles. The predicted molar refractivity (Wildman–Crippen MR) is 116 cm³/mol. The van der Waals surface area contributed by atoms with E-state index in [9.17, 15) is 14.4 Å². The number of amides is 4. The maximum atomic E-state index is 12.9. The number of benzene rings is 2. The summed E-state index contributed by atoms with van der Waals surface area (Å²) in [5.41, 5.74) is 1.95. The average Bonchev–Trinajstić information content (AvgIpc) is 2.99. The van der Waals surface area contributed by atoms with Crippen LogP contribution in [0.4, 0.5) is 10.5 Å². The maximum absolute atomic E-state index is 12.9. The summed E-state index contributed by atoms with van der Waals surface area (Å²) in [6, 6.07) is 17.0. The number of nitrogens with one attached hydrogen (secondary N) is 2. The van der Waals surface area contributed by atoms with Gasteiger partial charge in [-0.25, -0.2) is 4.79 Å². The number of urea groups is 1. The minimum Gasteiger partial charge on any atom is -0.325 e. The van der Waals surface area contributed by atoms with E-state index < -0.39 is 11.6 Å². The van der Waals surface area contributed by atoms with E-state index in [1.807, 2.05) is 54.6 Å². The van der Waals surface area contributed by atoms with Crippen molar-refractivity contribution < 1.29 is 14.4 Å². The van der Waals surface area contributed by atoms with Gasteiger partial charge >= 0.3 is 6.03 Å². The molecule has 2 N–H and O–H groups in total. The lowest BCUT2D eigenvalue weighted by molar-refractivity contribution is -0.135. The van der Waals surface area contributed by atoms with Crippen molar-refractivity contribution in [2.75, 3.05) is 11.9 Å². The van der Waals surface area contributed by atoms with Gasteiger partial charge in [0.2, 0.25) is 5.91 Å². The van der Waals surface area contributed by atoms with Crippen LogP contribution in [-0.2, 0) is 9.59 Å². The van der Waals surface area contributed by atoms with Gasteiger partial charge in [0.1, 0.15) is 12.1 Å². The molecule has 0 aromatic heterocycles. The highest BCUT2D eigenvalue weighted by Gasteiger charge is 2.52. The zero-order chi connectivity index (χ0) is 21.1. The van der Waals surface area contributed by atoms with Crippen molar-refractivity contribution in [1.29, 1.82) is 0 Å². The highest BCUT2D eigenvalue weighted by molar-refractivity contribution is 6.10. The van der Waals surface area contributed by atoms with Crippen molar-refractivity contribution in [2.45, 2.75) is 44.6 Å². The monoisotopic (exact) mass is 405 g/mol. The molecule has 1 saturated carbocycles. The van der Waals surface area contributed by atoms with Crippen LogP contribution in [0.1, 0.15) is 39.0 Å². The average molecular weight is 405 g/mol. The van der Waals surface area contributed by atoms with Gasteiger partial charge in [-0.2, -0.15) is 0 Å². The second kappa shape index (κ2) is 8.30. The maximum Gasteiger partial charge on any atom is 0.325 e. The molecular formula is C24H27N3O3. The Morgan fingerprint density at radius 2 is 1.67 bits per heavy atom. The van der Waals surface area contributed by atoms with E-state index in [0.29, 0.717) is 24.4 Å². The summed E-state index contributed by atoms with van der Waals surface area (Å²) in [4.78, 5) is 38.9. The number of hydrogen-bond acceptors (Lipinski definition) is 3. The lowest BCUT2D eigenvalue weighted by atomic mass is 9.75. The highest BCUT2D eigenvalue weighted by atomic mass is 16.2.